The fraction of sp³-hybridized carbons (Fsp3) is 0.179. The van der Waals surface area contributed by atoms with Crippen molar-refractivity contribution in [2.24, 2.45) is 0 Å². The predicted octanol–water partition coefficient (Wildman–Crippen LogP) is 4.41. The highest BCUT2D eigenvalue weighted by Crippen LogP contribution is 2.39. The van der Waals surface area contributed by atoms with Crippen LogP contribution >= 0.6 is 0 Å². The first-order valence-electron chi connectivity index (χ1n) is 11.6. The van der Waals surface area contributed by atoms with Crippen LogP contribution in [-0.2, 0) is 16.0 Å². The monoisotopic (exact) mass is 504 g/mol. The maximum atomic E-state index is 14.9. The second-order valence-corrected chi connectivity index (χ2v) is 8.56. The number of carbonyl (C=O) groups is 2. The number of aromatic nitrogens is 1. The minimum Gasteiger partial charge on any atom is -0.479 e. The lowest BCUT2D eigenvalue weighted by molar-refractivity contribution is -0.118. The summed E-state index contributed by atoms with van der Waals surface area (Å²) in [6.07, 6.45) is 4.43. The summed E-state index contributed by atoms with van der Waals surface area (Å²) in [4.78, 5) is 30.0. The maximum Gasteiger partial charge on any atom is 0.205 e. The van der Waals surface area contributed by atoms with E-state index in [1.165, 1.54) is 48.7 Å². The summed E-state index contributed by atoms with van der Waals surface area (Å²) in [7, 11) is 0. The molecule has 0 saturated carbocycles. The number of Topliss-reactive ketones (excluding diaryl/α,β-unsaturated/α-hetero) is 2. The van der Waals surface area contributed by atoms with Gasteiger partial charge in [0.05, 0.1) is 18.7 Å². The van der Waals surface area contributed by atoms with Crippen molar-refractivity contribution in [1.82, 2.24) is 4.98 Å². The Morgan fingerprint density at radius 1 is 1.11 bits per heavy atom. The van der Waals surface area contributed by atoms with Gasteiger partial charge in [0.1, 0.15) is 11.9 Å². The number of allylic oxidation sites excluding steroid dienone is 4. The van der Waals surface area contributed by atoms with Crippen LogP contribution in [0.4, 0.5) is 14.6 Å². The fourth-order valence-corrected chi connectivity index (χ4v) is 4.15. The molecule has 1 aromatic heterocycles. The lowest BCUT2D eigenvalue weighted by Crippen LogP contribution is -2.34. The molecule has 0 amide bonds. The molecule has 5 rings (SSSR count). The number of ether oxygens (including phenoxy) is 2. The molecule has 0 spiro atoms. The van der Waals surface area contributed by atoms with E-state index >= 15 is 0 Å². The summed E-state index contributed by atoms with van der Waals surface area (Å²) in [5.74, 6) is -1.19. The summed E-state index contributed by atoms with van der Waals surface area (Å²) < 4.78 is 39.6. The number of ketones is 2. The number of pyridine rings is 1. The largest absolute Gasteiger partial charge is 0.479 e. The van der Waals surface area contributed by atoms with Gasteiger partial charge in [-0.3, -0.25) is 9.59 Å². The Bertz CT molecular complexity index is 1430. The number of aliphatic hydroxyl groups excluding tert-OH is 1. The van der Waals surface area contributed by atoms with Gasteiger partial charge >= 0.3 is 0 Å². The lowest BCUT2D eigenvalue weighted by atomic mass is 9.88. The number of benzene rings is 2. The van der Waals surface area contributed by atoms with Crippen LogP contribution in [0, 0.1) is 11.6 Å². The number of fused-ring (bicyclic) bond motifs is 1. The molecule has 1 unspecified atom stereocenters. The average Bonchev–Trinajstić information content (AvgIpc) is 2.91. The average molecular weight is 504 g/mol. The van der Waals surface area contributed by atoms with Gasteiger partial charge in [-0.2, -0.15) is 0 Å². The van der Waals surface area contributed by atoms with E-state index < -0.39 is 29.3 Å². The minimum atomic E-state index is -0.700. The zero-order valence-corrected chi connectivity index (χ0v) is 19.5. The van der Waals surface area contributed by atoms with Crippen molar-refractivity contribution in [3.63, 3.8) is 0 Å². The zero-order valence-electron chi connectivity index (χ0n) is 19.5. The van der Waals surface area contributed by atoms with E-state index in [4.69, 9.17) is 9.47 Å². The van der Waals surface area contributed by atoms with Gasteiger partial charge in [0.15, 0.2) is 34.7 Å². The van der Waals surface area contributed by atoms with Gasteiger partial charge in [-0.25, -0.2) is 13.8 Å². The number of carbonyl (C=O) groups excluding carboxylic acids is 2. The molecule has 2 N–H and O–H groups in total. The van der Waals surface area contributed by atoms with E-state index in [2.05, 4.69) is 10.3 Å². The molecule has 37 heavy (non-hydrogen) atoms. The Morgan fingerprint density at radius 2 is 1.92 bits per heavy atom. The van der Waals surface area contributed by atoms with E-state index in [9.17, 15) is 23.5 Å². The predicted molar refractivity (Wildman–Crippen MR) is 131 cm³/mol. The highest BCUT2D eigenvalue weighted by Gasteiger charge is 2.26. The standard InChI is InChI=1S/C28H22F2N2O5/c29-18-7-5-17(6-8-18)20-2-1-3-21(26(20)35)23(34)13-16-4-9-24(22(30)12-16)37-25-10-11-31-28-27(25)36-19(15-33)14-32-28/h2-12,19,33H,1,13-15H2,(H,31,32). The van der Waals surface area contributed by atoms with E-state index in [1.54, 1.807) is 18.2 Å². The molecule has 2 aliphatic rings. The van der Waals surface area contributed by atoms with Gasteiger partial charge in [-0.1, -0.05) is 30.4 Å². The van der Waals surface area contributed by atoms with Crippen molar-refractivity contribution in [2.45, 2.75) is 18.9 Å². The smallest absolute Gasteiger partial charge is 0.205 e. The van der Waals surface area contributed by atoms with E-state index in [0.717, 1.165) is 0 Å². The quantitative estimate of drug-likeness (QED) is 0.460. The fourth-order valence-electron chi connectivity index (χ4n) is 4.15. The molecular formula is C28H22F2N2O5. The Morgan fingerprint density at radius 3 is 2.68 bits per heavy atom. The molecule has 0 radical (unpaired) electrons. The lowest BCUT2D eigenvalue weighted by Gasteiger charge is -2.26. The molecule has 0 saturated heterocycles. The van der Waals surface area contributed by atoms with Crippen molar-refractivity contribution in [3.05, 3.63) is 95.2 Å². The van der Waals surface area contributed by atoms with Gasteiger partial charge in [0.25, 0.3) is 0 Å². The van der Waals surface area contributed by atoms with Gasteiger partial charge < -0.3 is 19.9 Å². The molecule has 3 aromatic rings. The van der Waals surface area contributed by atoms with Gasteiger partial charge in [0, 0.05) is 24.3 Å². The highest BCUT2D eigenvalue weighted by molar-refractivity contribution is 6.39. The number of anilines is 1. The molecule has 2 aromatic carbocycles. The second kappa shape index (κ2) is 10.3. The molecule has 0 fully saturated rings. The third-order valence-electron chi connectivity index (χ3n) is 6.02. The molecule has 9 heteroatoms. The first kappa shape index (κ1) is 24.3. The molecule has 7 nitrogen and oxygen atoms in total. The molecule has 2 heterocycles. The van der Waals surface area contributed by atoms with Crippen molar-refractivity contribution >= 4 is 23.0 Å². The number of hydrogen-bond donors (Lipinski definition) is 2. The summed E-state index contributed by atoms with van der Waals surface area (Å²) in [5, 5.41) is 12.4. The second-order valence-electron chi connectivity index (χ2n) is 8.56. The molecule has 1 atom stereocenters. The number of hydrogen-bond acceptors (Lipinski definition) is 7. The van der Waals surface area contributed by atoms with Crippen LogP contribution in [0.1, 0.15) is 17.5 Å². The van der Waals surface area contributed by atoms with E-state index in [0.29, 0.717) is 35.5 Å². The molecule has 1 aliphatic carbocycles. The molecule has 188 valence electrons. The third-order valence-corrected chi connectivity index (χ3v) is 6.02. The Balaban J connectivity index is 1.29. The van der Waals surface area contributed by atoms with Crippen LogP contribution in [-0.4, -0.2) is 40.9 Å². The first-order valence-corrected chi connectivity index (χ1v) is 11.6. The Hall–Kier alpha value is -4.37. The zero-order chi connectivity index (χ0) is 25.9. The van der Waals surface area contributed by atoms with Crippen LogP contribution in [0.15, 0.2) is 72.5 Å². The molecule has 0 bridgehead atoms. The van der Waals surface area contributed by atoms with Crippen molar-refractivity contribution < 1.29 is 33.0 Å². The molecular weight excluding hydrogens is 482 g/mol. The summed E-state index contributed by atoms with van der Waals surface area (Å²) in [6, 6.07) is 11.1. The Labute approximate surface area is 211 Å². The number of rotatable bonds is 7. The Kier molecular flexibility index (Phi) is 6.78. The van der Waals surface area contributed by atoms with Crippen molar-refractivity contribution in [1.29, 1.82) is 0 Å². The number of nitrogens with zero attached hydrogens (tertiary/aromatic N) is 1. The van der Waals surface area contributed by atoms with Gasteiger partial charge in [-0.15, -0.1) is 0 Å². The normalized spacial score (nSPS) is 16.6. The van der Waals surface area contributed by atoms with Crippen LogP contribution < -0.4 is 14.8 Å². The number of aliphatic hydroxyl groups is 1. The van der Waals surface area contributed by atoms with Gasteiger partial charge in [0.2, 0.25) is 5.75 Å². The SMILES string of the molecule is O=C(Cc1ccc(Oc2ccnc3c2OC(CO)CN3)c(F)c1)C1=CCC=C(c2ccc(F)cc2)C1=O. The number of halogens is 2. The summed E-state index contributed by atoms with van der Waals surface area (Å²) in [6.45, 7) is 0.162. The minimum absolute atomic E-state index is 0.0223. The first-order chi connectivity index (χ1) is 17.9. The van der Waals surface area contributed by atoms with Crippen LogP contribution in [0.2, 0.25) is 0 Å². The van der Waals surface area contributed by atoms with E-state index in [-0.39, 0.29) is 35.8 Å². The van der Waals surface area contributed by atoms with Crippen LogP contribution in [0.25, 0.3) is 5.57 Å². The van der Waals surface area contributed by atoms with E-state index in [1.807, 2.05) is 0 Å². The third kappa shape index (κ3) is 5.12. The van der Waals surface area contributed by atoms with Gasteiger partial charge in [-0.05, 0) is 41.8 Å². The topological polar surface area (TPSA) is 97.8 Å². The maximum absolute atomic E-state index is 14.9. The molecule has 1 aliphatic heterocycles. The van der Waals surface area contributed by atoms with Crippen molar-refractivity contribution in [3.8, 4) is 17.2 Å². The van der Waals surface area contributed by atoms with Crippen molar-refractivity contribution in [2.75, 3.05) is 18.5 Å². The number of nitrogens with one attached hydrogen (secondary N) is 1. The highest BCUT2D eigenvalue weighted by atomic mass is 19.1. The van der Waals surface area contributed by atoms with Crippen LogP contribution in [0.5, 0.6) is 17.2 Å². The van der Waals surface area contributed by atoms with Crippen LogP contribution in [0.3, 0.4) is 0 Å². The summed E-state index contributed by atoms with van der Waals surface area (Å²) >= 11 is 0. The summed E-state index contributed by atoms with van der Waals surface area (Å²) in [5.41, 5.74) is 1.26.